The van der Waals surface area contributed by atoms with Crippen molar-refractivity contribution in [2.24, 2.45) is 0 Å². The maximum atomic E-state index is 12.9. The van der Waals surface area contributed by atoms with Crippen LogP contribution >= 0.6 is 0 Å². The van der Waals surface area contributed by atoms with Crippen molar-refractivity contribution < 1.29 is 14.3 Å². The van der Waals surface area contributed by atoms with E-state index in [-0.39, 0.29) is 24.1 Å². The average Bonchev–Trinajstić information content (AvgIpc) is 2.95. The Morgan fingerprint density at radius 3 is 2.57 bits per heavy atom. The molecule has 1 aromatic carbocycles. The van der Waals surface area contributed by atoms with Crippen LogP contribution in [0, 0.1) is 6.92 Å². The highest BCUT2D eigenvalue weighted by molar-refractivity contribution is 5.99. The van der Waals surface area contributed by atoms with E-state index in [0.717, 1.165) is 29.4 Å². The van der Waals surface area contributed by atoms with Crippen LogP contribution in [0.15, 0.2) is 28.7 Å². The number of carbonyl (C=O) groups excluding carboxylic acids is 1. The number of hydrogen-bond acceptors (Lipinski definition) is 3. The summed E-state index contributed by atoms with van der Waals surface area (Å²) in [4.78, 5) is 14.9. The number of furan rings is 1. The number of fused-ring (bicyclic) bond motifs is 3. The molecule has 2 aliphatic rings. The van der Waals surface area contributed by atoms with E-state index < -0.39 is 0 Å². The first-order chi connectivity index (χ1) is 10.1. The third kappa shape index (κ3) is 1.89. The molecule has 1 aromatic heterocycles. The molecule has 4 nitrogen and oxygen atoms in total. The van der Waals surface area contributed by atoms with E-state index in [4.69, 9.17) is 4.42 Å². The number of amides is 1. The van der Waals surface area contributed by atoms with Gasteiger partial charge in [0.05, 0.1) is 6.10 Å². The first-order valence-corrected chi connectivity index (χ1v) is 7.64. The number of aryl methyl sites for hydroxylation is 1. The number of piperidine rings is 1. The molecular formula is C17H19NO3. The summed E-state index contributed by atoms with van der Waals surface area (Å²) in [5.74, 6) is 0.451. The smallest absolute Gasteiger partial charge is 0.290 e. The van der Waals surface area contributed by atoms with Crippen LogP contribution in [0.4, 0.5) is 0 Å². The quantitative estimate of drug-likeness (QED) is 0.876. The summed E-state index contributed by atoms with van der Waals surface area (Å²) >= 11 is 0. The summed E-state index contributed by atoms with van der Waals surface area (Å²) in [5, 5.41) is 10.9. The van der Waals surface area contributed by atoms with Crippen LogP contribution in [0.2, 0.25) is 0 Å². The van der Waals surface area contributed by atoms with Crippen molar-refractivity contribution in [3.05, 3.63) is 35.6 Å². The maximum Gasteiger partial charge on any atom is 0.290 e. The minimum atomic E-state index is -0.261. The van der Waals surface area contributed by atoms with Gasteiger partial charge in [0, 0.05) is 23.0 Å². The van der Waals surface area contributed by atoms with Crippen molar-refractivity contribution in [3.8, 4) is 0 Å². The molecule has 2 saturated heterocycles. The first kappa shape index (κ1) is 12.9. The minimum absolute atomic E-state index is 0.0110. The topological polar surface area (TPSA) is 53.7 Å². The van der Waals surface area contributed by atoms with Gasteiger partial charge in [-0.25, -0.2) is 0 Å². The lowest BCUT2D eigenvalue weighted by atomic mass is 9.99. The van der Waals surface area contributed by atoms with Gasteiger partial charge in [-0.05, 0) is 38.7 Å². The molecule has 0 radical (unpaired) electrons. The molecule has 21 heavy (non-hydrogen) atoms. The van der Waals surface area contributed by atoms with Crippen LogP contribution in [0.25, 0.3) is 11.0 Å². The number of aliphatic hydroxyl groups is 1. The van der Waals surface area contributed by atoms with E-state index in [1.165, 1.54) is 0 Å². The highest BCUT2D eigenvalue weighted by Crippen LogP contribution is 2.38. The predicted molar refractivity (Wildman–Crippen MR) is 79.2 cm³/mol. The largest absolute Gasteiger partial charge is 0.451 e. The Balaban J connectivity index is 1.72. The Morgan fingerprint density at radius 1 is 1.24 bits per heavy atom. The van der Waals surface area contributed by atoms with Crippen LogP contribution in [0.1, 0.15) is 41.8 Å². The third-order valence-electron chi connectivity index (χ3n) is 4.98. The fraction of sp³-hybridized carbons (Fsp3) is 0.471. The van der Waals surface area contributed by atoms with Gasteiger partial charge in [-0.15, -0.1) is 0 Å². The molecule has 0 aliphatic carbocycles. The van der Waals surface area contributed by atoms with Crippen LogP contribution < -0.4 is 0 Å². The van der Waals surface area contributed by atoms with Gasteiger partial charge in [-0.3, -0.25) is 4.79 Å². The Morgan fingerprint density at radius 2 is 1.90 bits per heavy atom. The van der Waals surface area contributed by atoms with Crippen molar-refractivity contribution in [2.45, 2.75) is 50.8 Å². The van der Waals surface area contributed by atoms with Gasteiger partial charge >= 0.3 is 0 Å². The molecule has 2 bridgehead atoms. The lowest BCUT2D eigenvalue weighted by Gasteiger charge is -2.36. The molecule has 4 heteroatoms. The summed E-state index contributed by atoms with van der Waals surface area (Å²) in [6, 6.07) is 8.09. The molecule has 3 heterocycles. The number of benzene rings is 1. The molecule has 4 rings (SSSR count). The molecule has 1 amide bonds. The number of para-hydroxylation sites is 1. The predicted octanol–water partition coefficient (Wildman–Crippen LogP) is 2.87. The number of aliphatic hydroxyl groups excluding tert-OH is 1. The van der Waals surface area contributed by atoms with Gasteiger partial charge in [0.25, 0.3) is 5.91 Å². The zero-order valence-corrected chi connectivity index (χ0v) is 12.1. The normalized spacial score (nSPS) is 28.3. The SMILES string of the molecule is Cc1c(C(=O)N2C3CCC2CC(O)C3)oc2ccccc12. The van der Waals surface area contributed by atoms with E-state index >= 15 is 0 Å². The number of nitrogens with zero attached hydrogens (tertiary/aromatic N) is 1. The van der Waals surface area contributed by atoms with E-state index in [9.17, 15) is 9.90 Å². The lowest BCUT2D eigenvalue weighted by Crippen LogP contribution is -2.48. The highest BCUT2D eigenvalue weighted by atomic mass is 16.3. The van der Waals surface area contributed by atoms with Gasteiger partial charge in [-0.2, -0.15) is 0 Å². The fourth-order valence-electron chi connectivity index (χ4n) is 3.98. The number of rotatable bonds is 1. The Kier molecular flexibility index (Phi) is 2.82. The molecule has 0 spiro atoms. The van der Waals surface area contributed by atoms with Crippen LogP contribution in [-0.2, 0) is 0 Å². The van der Waals surface area contributed by atoms with Crippen molar-refractivity contribution in [2.75, 3.05) is 0 Å². The van der Waals surface area contributed by atoms with Crippen LogP contribution in [0.3, 0.4) is 0 Å². The number of carbonyl (C=O) groups is 1. The van der Waals surface area contributed by atoms with Gasteiger partial charge < -0.3 is 14.4 Å². The van der Waals surface area contributed by atoms with Gasteiger partial charge in [0.15, 0.2) is 5.76 Å². The Bertz CT molecular complexity index is 691. The standard InChI is InChI=1S/C17H19NO3/c1-10-14-4-2-3-5-15(14)21-16(10)17(20)18-11-6-7-12(18)9-13(19)8-11/h2-5,11-13,19H,6-9H2,1H3. The van der Waals surface area contributed by atoms with Crippen LogP contribution in [-0.4, -0.2) is 34.1 Å². The first-order valence-electron chi connectivity index (χ1n) is 7.64. The van der Waals surface area contributed by atoms with Crippen molar-refractivity contribution >= 4 is 16.9 Å². The molecule has 2 unspecified atom stereocenters. The van der Waals surface area contributed by atoms with E-state index in [1.807, 2.05) is 36.1 Å². The Hall–Kier alpha value is -1.81. The average molecular weight is 285 g/mol. The lowest BCUT2D eigenvalue weighted by molar-refractivity contribution is 0.0265. The fourth-order valence-corrected chi connectivity index (χ4v) is 3.98. The molecule has 2 aliphatic heterocycles. The molecule has 0 saturated carbocycles. The van der Waals surface area contributed by atoms with Gasteiger partial charge in [0.1, 0.15) is 5.58 Å². The maximum absolute atomic E-state index is 12.9. The summed E-state index contributed by atoms with van der Waals surface area (Å²) in [6.07, 6.45) is 3.12. The molecule has 2 fully saturated rings. The van der Waals surface area contributed by atoms with E-state index in [0.29, 0.717) is 18.6 Å². The summed E-state index contributed by atoms with van der Waals surface area (Å²) in [5.41, 5.74) is 1.68. The van der Waals surface area contributed by atoms with E-state index in [1.54, 1.807) is 0 Å². The van der Waals surface area contributed by atoms with Crippen molar-refractivity contribution in [3.63, 3.8) is 0 Å². The zero-order valence-electron chi connectivity index (χ0n) is 12.1. The summed E-state index contributed by atoms with van der Waals surface area (Å²) in [7, 11) is 0. The Labute approximate surface area is 123 Å². The van der Waals surface area contributed by atoms with Gasteiger partial charge in [0.2, 0.25) is 0 Å². The number of hydrogen-bond donors (Lipinski definition) is 1. The third-order valence-corrected chi connectivity index (χ3v) is 4.98. The van der Waals surface area contributed by atoms with Crippen molar-refractivity contribution in [1.82, 2.24) is 4.90 Å². The second-order valence-electron chi connectivity index (χ2n) is 6.27. The molecule has 2 aromatic rings. The molecule has 110 valence electrons. The highest BCUT2D eigenvalue weighted by Gasteiger charge is 2.44. The second kappa shape index (κ2) is 4.60. The van der Waals surface area contributed by atoms with E-state index in [2.05, 4.69) is 0 Å². The monoisotopic (exact) mass is 285 g/mol. The minimum Gasteiger partial charge on any atom is -0.451 e. The second-order valence-corrected chi connectivity index (χ2v) is 6.27. The molecular weight excluding hydrogens is 266 g/mol. The van der Waals surface area contributed by atoms with Crippen molar-refractivity contribution in [1.29, 1.82) is 0 Å². The van der Waals surface area contributed by atoms with Crippen LogP contribution in [0.5, 0.6) is 0 Å². The zero-order chi connectivity index (χ0) is 14.6. The van der Waals surface area contributed by atoms with Gasteiger partial charge in [-0.1, -0.05) is 18.2 Å². The summed E-state index contributed by atoms with van der Waals surface area (Å²) < 4.78 is 5.81. The molecule has 2 atom stereocenters. The summed E-state index contributed by atoms with van der Waals surface area (Å²) in [6.45, 7) is 1.94. The molecule has 1 N–H and O–H groups in total.